The third kappa shape index (κ3) is 4.72. The van der Waals surface area contributed by atoms with Crippen LogP contribution in [0.15, 0.2) is 24.3 Å². The van der Waals surface area contributed by atoms with E-state index in [2.05, 4.69) is 9.46 Å². The summed E-state index contributed by atoms with van der Waals surface area (Å²) < 4.78 is 29.6. The van der Waals surface area contributed by atoms with Crippen LogP contribution in [0.4, 0.5) is 0 Å². The Hall–Kier alpha value is -1.11. The Morgan fingerprint density at radius 1 is 1.41 bits per heavy atom. The number of nitrogens with one attached hydrogen (secondary N) is 1. The number of hydrogen-bond donors (Lipinski definition) is 1. The van der Waals surface area contributed by atoms with E-state index in [1.807, 2.05) is 0 Å². The number of carbonyl (C=O) groups is 1. The van der Waals surface area contributed by atoms with E-state index in [0.717, 1.165) is 0 Å². The number of ether oxygens (including phenoxy) is 1. The number of esters is 1. The standard InChI is InChI=1S/C10H12ClNO4S/c1-16-10(13)6-12-17(14,15)7-8-4-2-3-5-9(8)11/h2-5,12H,6-7H2,1H3. The van der Waals surface area contributed by atoms with Crippen LogP contribution in [0, 0.1) is 0 Å². The van der Waals surface area contributed by atoms with Crippen molar-refractivity contribution in [1.29, 1.82) is 0 Å². The first-order valence-corrected chi connectivity index (χ1v) is 6.75. The van der Waals surface area contributed by atoms with Gasteiger partial charge in [-0.1, -0.05) is 29.8 Å². The molecule has 0 aliphatic rings. The molecule has 0 unspecified atom stereocenters. The fourth-order valence-corrected chi connectivity index (χ4v) is 2.50. The lowest BCUT2D eigenvalue weighted by atomic mass is 10.2. The quantitative estimate of drug-likeness (QED) is 0.813. The number of halogens is 1. The maximum atomic E-state index is 11.6. The maximum Gasteiger partial charge on any atom is 0.320 e. The Bertz CT molecular complexity index is 501. The van der Waals surface area contributed by atoms with Crippen LogP contribution >= 0.6 is 11.6 Å². The summed E-state index contributed by atoms with van der Waals surface area (Å²) >= 11 is 5.84. The van der Waals surface area contributed by atoms with Crippen molar-refractivity contribution < 1.29 is 17.9 Å². The van der Waals surface area contributed by atoms with Crippen molar-refractivity contribution in [3.8, 4) is 0 Å². The summed E-state index contributed by atoms with van der Waals surface area (Å²) in [5, 5.41) is 0.371. The summed E-state index contributed by atoms with van der Waals surface area (Å²) in [5.41, 5.74) is 0.478. The van der Waals surface area contributed by atoms with E-state index in [9.17, 15) is 13.2 Å². The van der Waals surface area contributed by atoms with Gasteiger partial charge in [0.05, 0.1) is 12.9 Å². The molecule has 0 radical (unpaired) electrons. The lowest BCUT2D eigenvalue weighted by Crippen LogP contribution is -2.31. The summed E-state index contributed by atoms with van der Waals surface area (Å²) in [5.74, 6) is -0.920. The van der Waals surface area contributed by atoms with Gasteiger partial charge in [0.25, 0.3) is 0 Å². The third-order valence-corrected chi connectivity index (χ3v) is 3.61. The molecular formula is C10H12ClNO4S. The fraction of sp³-hybridized carbons (Fsp3) is 0.300. The number of hydrogen-bond acceptors (Lipinski definition) is 4. The van der Waals surface area contributed by atoms with Crippen molar-refractivity contribution in [3.63, 3.8) is 0 Å². The molecule has 7 heteroatoms. The van der Waals surface area contributed by atoms with Crippen LogP contribution in [0.2, 0.25) is 5.02 Å². The molecule has 0 saturated carbocycles. The molecule has 0 fully saturated rings. The van der Waals surface area contributed by atoms with E-state index >= 15 is 0 Å². The summed E-state index contributed by atoms with van der Waals surface area (Å²) in [7, 11) is -2.41. The van der Waals surface area contributed by atoms with E-state index in [1.54, 1.807) is 24.3 Å². The van der Waals surface area contributed by atoms with E-state index in [0.29, 0.717) is 10.6 Å². The topological polar surface area (TPSA) is 72.5 Å². The van der Waals surface area contributed by atoms with Gasteiger partial charge in [0.1, 0.15) is 6.54 Å². The van der Waals surface area contributed by atoms with Crippen molar-refractivity contribution in [3.05, 3.63) is 34.9 Å². The number of methoxy groups -OCH3 is 1. The minimum Gasteiger partial charge on any atom is -0.468 e. The third-order valence-electron chi connectivity index (χ3n) is 1.97. The maximum absolute atomic E-state index is 11.6. The predicted octanol–water partition coefficient (Wildman–Crippen LogP) is 0.932. The second kappa shape index (κ2) is 6.00. The molecule has 0 heterocycles. The second-order valence-corrected chi connectivity index (χ2v) is 5.46. The van der Waals surface area contributed by atoms with Gasteiger partial charge in [0.2, 0.25) is 10.0 Å². The molecule has 0 bridgehead atoms. The zero-order chi connectivity index (χ0) is 12.9. The average Bonchev–Trinajstić information content (AvgIpc) is 2.29. The van der Waals surface area contributed by atoms with Gasteiger partial charge in [-0.3, -0.25) is 4.79 Å². The normalized spacial score (nSPS) is 11.2. The largest absolute Gasteiger partial charge is 0.468 e. The Balaban J connectivity index is 2.67. The zero-order valence-corrected chi connectivity index (χ0v) is 10.7. The van der Waals surface area contributed by atoms with Crippen LogP contribution in [0.5, 0.6) is 0 Å². The molecule has 17 heavy (non-hydrogen) atoms. The highest BCUT2D eigenvalue weighted by molar-refractivity contribution is 7.88. The van der Waals surface area contributed by atoms with E-state index in [1.165, 1.54) is 7.11 Å². The minimum absolute atomic E-state index is 0.274. The van der Waals surface area contributed by atoms with Crippen molar-refractivity contribution in [2.75, 3.05) is 13.7 Å². The first kappa shape index (κ1) is 14.0. The number of carbonyl (C=O) groups excluding carboxylic acids is 1. The van der Waals surface area contributed by atoms with Gasteiger partial charge in [0, 0.05) is 5.02 Å². The molecule has 0 aliphatic carbocycles. The van der Waals surface area contributed by atoms with Crippen molar-refractivity contribution >= 4 is 27.6 Å². The van der Waals surface area contributed by atoms with E-state index < -0.39 is 16.0 Å². The Kier molecular flexibility index (Phi) is 4.92. The smallest absolute Gasteiger partial charge is 0.320 e. The molecule has 5 nitrogen and oxygen atoms in total. The molecule has 0 aromatic heterocycles. The summed E-state index contributed by atoms with van der Waals surface area (Å²) in [6.45, 7) is -0.386. The second-order valence-electron chi connectivity index (χ2n) is 3.25. The monoisotopic (exact) mass is 277 g/mol. The fourth-order valence-electron chi connectivity index (χ4n) is 1.11. The molecule has 0 aliphatic heterocycles. The minimum atomic E-state index is -3.60. The molecule has 0 amide bonds. The van der Waals surface area contributed by atoms with Gasteiger partial charge in [-0.15, -0.1) is 0 Å². The lowest BCUT2D eigenvalue weighted by Gasteiger charge is -2.06. The van der Waals surface area contributed by atoms with Crippen LogP contribution in [-0.2, 0) is 25.3 Å². The molecule has 94 valence electrons. The average molecular weight is 278 g/mol. The van der Waals surface area contributed by atoms with Gasteiger partial charge in [0.15, 0.2) is 0 Å². The highest BCUT2D eigenvalue weighted by atomic mass is 35.5. The Morgan fingerprint density at radius 2 is 2.06 bits per heavy atom. The number of rotatable bonds is 5. The summed E-state index contributed by atoms with van der Waals surface area (Å²) in [6.07, 6.45) is 0. The SMILES string of the molecule is COC(=O)CNS(=O)(=O)Cc1ccccc1Cl. The zero-order valence-electron chi connectivity index (χ0n) is 9.14. The molecule has 1 aromatic rings. The van der Waals surface area contributed by atoms with Crippen molar-refractivity contribution in [1.82, 2.24) is 4.72 Å². The highest BCUT2D eigenvalue weighted by Crippen LogP contribution is 2.16. The van der Waals surface area contributed by atoms with Gasteiger partial charge in [-0.25, -0.2) is 13.1 Å². The van der Waals surface area contributed by atoms with Crippen molar-refractivity contribution in [2.45, 2.75) is 5.75 Å². The molecule has 1 aromatic carbocycles. The van der Waals surface area contributed by atoms with Gasteiger partial charge in [-0.2, -0.15) is 0 Å². The van der Waals surface area contributed by atoms with Crippen LogP contribution in [-0.4, -0.2) is 28.0 Å². The molecule has 0 atom stereocenters. The Labute approximate surface area is 105 Å². The number of sulfonamides is 1. The molecule has 0 saturated heterocycles. The highest BCUT2D eigenvalue weighted by Gasteiger charge is 2.14. The van der Waals surface area contributed by atoms with Crippen LogP contribution in [0.1, 0.15) is 5.56 Å². The van der Waals surface area contributed by atoms with Crippen molar-refractivity contribution in [2.24, 2.45) is 0 Å². The van der Waals surface area contributed by atoms with E-state index in [-0.39, 0.29) is 12.3 Å². The van der Waals surface area contributed by atoms with Gasteiger partial charge >= 0.3 is 5.97 Å². The first-order chi connectivity index (χ1) is 7.94. The number of benzene rings is 1. The van der Waals surface area contributed by atoms with Crippen LogP contribution in [0.3, 0.4) is 0 Å². The summed E-state index contributed by atoms with van der Waals surface area (Å²) in [4.78, 5) is 10.8. The van der Waals surface area contributed by atoms with Gasteiger partial charge in [-0.05, 0) is 11.6 Å². The molecule has 0 spiro atoms. The van der Waals surface area contributed by atoms with Gasteiger partial charge < -0.3 is 4.74 Å². The first-order valence-electron chi connectivity index (χ1n) is 4.72. The van der Waals surface area contributed by atoms with Crippen LogP contribution in [0.25, 0.3) is 0 Å². The lowest BCUT2D eigenvalue weighted by molar-refractivity contribution is -0.139. The molecule has 1 N–H and O–H groups in total. The Morgan fingerprint density at radius 3 is 2.65 bits per heavy atom. The molecular weight excluding hydrogens is 266 g/mol. The van der Waals surface area contributed by atoms with E-state index in [4.69, 9.17) is 11.6 Å². The van der Waals surface area contributed by atoms with Crippen LogP contribution < -0.4 is 4.72 Å². The summed E-state index contributed by atoms with van der Waals surface area (Å²) in [6, 6.07) is 6.61. The molecule has 1 rings (SSSR count). The predicted molar refractivity (Wildman–Crippen MR) is 64.1 cm³/mol.